The lowest BCUT2D eigenvalue weighted by atomic mass is 9.81. The van der Waals surface area contributed by atoms with Gasteiger partial charge < -0.3 is 9.97 Å². The Hall–Kier alpha value is -3.66. The van der Waals surface area contributed by atoms with Gasteiger partial charge in [0, 0.05) is 0 Å². The predicted molar refractivity (Wildman–Crippen MR) is 124 cm³/mol. The zero-order valence-electron chi connectivity index (χ0n) is 17.1. The van der Waals surface area contributed by atoms with Crippen molar-refractivity contribution in [3.63, 3.8) is 0 Å². The number of fused-ring (bicyclic) bond motifs is 6. The SMILES string of the molecule is c1ncc(-c2ccc(-c3ccc(-c4ccc5nc[nH]c5c4)c4c3C3CCC4C3)cc2)[nH]1. The molecule has 1 saturated carbocycles. The van der Waals surface area contributed by atoms with Crippen molar-refractivity contribution in [3.8, 4) is 33.5 Å². The monoisotopic (exact) mass is 402 g/mol. The molecule has 2 N–H and O–H groups in total. The topological polar surface area (TPSA) is 57.4 Å². The highest BCUT2D eigenvalue weighted by Gasteiger charge is 2.40. The number of rotatable bonds is 3. The summed E-state index contributed by atoms with van der Waals surface area (Å²) in [6.45, 7) is 0. The molecule has 0 spiro atoms. The van der Waals surface area contributed by atoms with E-state index < -0.39 is 0 Å². The Kier molecular flexibility index (Phi) is 3.53. The second-order valence-electron chi connectivity index (χ2n) is 8.87. The largest absolute Gasteiger partial charge is 0.345 e. The zero-order valence-corrected chi connectivity index (χ0v) is 17.1. The van der Waals surface area contributed by atoms with Gasteiger partial charge in [0.05, 0.1) is 35.6 Å². The summed E-state index contributed by atoms with van der Waals surface area (Å²) in [5, 5.41) is 0. The standard InChI is InChI=1S/C27H22N4/c1-3-17(25-13-28-14-29-25)4-2-16(1)21-8-9-22(27-20-6-5-19(11-20)26(21)27)18-7-10-23-24(12-18)31-15-30-23/h1-4,7-10,12-15,19-20H,5-6,11H2,(H,28,29)(H,30,31). The van der Waals surface area contributed by atoms with Crippen LogP contribution >= 0.6 is 0 Å². The van der Waals surface area contributed by atoms with Crippen LogP contribution in [0.4, 0.5) is 0 Å². The fourth-order valence-corrected chi connectivity index (χ4v) is 5.87. The molecule has 5 aromatic rings. The summed E-state index contributed by atoms with van der Waals surface area (Å²) in [7, 11) is 0. The average molecular weight is 403 g/mol. The van der Waals surface area contributed by atoms with E-state index in [1.165, 1.54) is 47.1 Å². The molecular formula is C27H22N4. The van der Waals surface area contributed by atoms with Crippen molar-refractivity contribution in [2.24, 2.45) is 0 Å². The van der Waals surface area contributed by atoms with Gasteiger partial charge in [-0.3, -0.25) is 0 Å². The number of imidazole rings is 2. The number of hydrogen-bond acceptors (Lipinski definition) is 2. The molecule has 31 heavy (non-hydrogen) atoms. The van der Waals surface area contributed by atoms with E-state index in [9.17, 15) is 0 Å². The van der Waals surface area contributed by atoms with Crippen LogP contribution in [0.1, 0.15) is 42.2 Å². The number of aromatic amines is 2. The van der Waals surface area contributed by atoms with Crippen LogP contribution in [-0.2, 0) is 0 Å². The van der Waals surface area contributed by atoms with Crippen LogP contribution in [0.15, 0.2) is 73.4 Å². The van der Waals surface area contributed by atoms with E-state index in [4.69, 9.17) is 0 Å². The van der Waals surface area contributed by atoms with Gasteiger partial charge in [0.2, 0.25) is 0 Å². The quantitative estimate of drug-likeness (QED) is 0.355. The maximum absolute atomic E-state index is 4.38. The molecule has 2 heterocycles. The van der Waals surface area contributed by atoms with Crippen molar-refractivity contribution < 1.29 is 0 Å². The first-order valence-corrected chi connectivity index (χ1v) is 11.0. The first-order chi connectivity index (χ1) is 15.3. The molecule has 0 aliphatic heterocycles. The summed E-state index contributed by atoms with van der Waals surface area (Å²) in [5.74, 6) is 1.38. The van der Waals surface area contributed by atoms with Crippen LogP contribution in [0.3, 0.4) is 0 Å². The molecule has 0 amide bonds. The van der Waals surface area contributed by atoms with Crippen LogP contribution in [0.25, 0.3) is 44.5 Å². The van der Waals surface area contributed by atoms with Gasteiger partial charge in [-0.1, -0.05) is 42.5 Å². The summed E-state index contributed by atoms with van der Waals surface area (Å²) in [6, 6.07) is 20.2. The van der Waals surface area contributed by atoms with Gasteiger partial charge in [0.25, 0.3) is 0 Å². The zero-order chi connectivity index (χ0) is 20.4. The number of hydrogen-bond donors (Lipinski definition) is 2. The first kappa shape index (κ1) is 17.1. The third-order valence-corrected chi connectivity index (χ3v) is 7.27. The fourth-order valence-electron chi connectivity index (χ4n) is 5.87. The molecule has 2 aliphatic carbocycles. The fraction of sp³-hybridized carbons (Fsp3) is 0.185. The molecule has 0 radical (unpaired) electrons. The Labute approximate surface area is 180 Å². The molecule has 2 atom stereocenters. The Morgan fingerprint density at radius 2 is 1.42 bits per heavy atom. The predicted octanol–water partition coefficient (Wildman–Crippen LogP) is 6.65. The van der Waals surface area contributed by atoms with Crippen LogP contribution in [0.5, 0.6) is 0 Å². The van der Waals surface area contributed by atoms with Gasteiger partial charge in [0.1, 0.15) is 0 Å². The first-order valence-electron chi connectivity index (χ1n) is 11.0. The van der Waals surface area contributed by atoms with Crippen molar-refractivity contribution >= 4 is 11.0 Å². The minimum Gasteiger partial charge on any atom is -0.345 e. The summed E-state index contributed by atoms with van der Waals surface area (Å²) < 4.78 is 0. The van der Waals surface area contributed by atoms with E-state index in [-0.39, 0.29) is 0 Å². The van der Waals surface area contributed by atoms with Gasteiger partial charge in [-0.2, -0.15) is 0 Å². The Morgan fingerprint density at radius 1 is 0.710 bits per heavy atom. The van der Waals surface area contributed by atoms with E-state index in [0.29, 0.717) is 11.8 Å². The third kappa shape index (κ3) is 2.54. The highest BCUT2D eigenvalue weighted by molar-refractivity contribution is 5.86. The smallest absolute Gasteiger partial charge is 0.0931 e. The maximum atomic E-state index is 4.38. The number of nitrogens with one attached hydrogen (secondary N) is 2. The molecule has 1 fully saturated rings. The number of H-pyrrole nitrogens is 2. The lowest BCUT2D eigenvalue weighted by molar-refractivity contribution is 0.720. The van der Waals surface area contributed by atoms with E-state index in [0.717, 1.165) is 16.7 Å². The van der Waals surface area contributed by atoms with Crippen LogP contribution < -0.4 is 0 Å². The van der Waals surface area contributed by atoms with E-state index in [1.54, 1.807) is 23.8 Å². The van der Waals surface area contributed by atoms with Crippen LogP contribution in [-0.4, -0.2) is 19.9 Å². The summed E-state index contributed by atoms with van der Waals surface area (Å²) >= 11 is 0. The summed E-state index contributed by atoms with van der Waals surface area (Å²) in [4.78, 5) is 15.0. The molecule has 3 aromatic carbocycles. The number of nitrogens with zero attached hydrogens (tertiary/aromatic N) is 2. The lowest BCUT2D eigenvalue weighted by Crippen LogP contribution is -2.03. The Balaban J connectivity index is 1.37. The molecule has 2 bridgehead atoms. The van der Waals surface area contributed by atoms with Gasteiger partial charge in [-0.15, -0.1) is 0 Å². The minimum atomic E-state index is 0.691. The third-order valence-electron chi connectivity index (χ3n) is 7.27. The summed E-state index contributed by atoms with van der Waals surface area (Å²) in [6.07, 6.45) is 9.32. The normalized spacial score (nSPS) is 19.2. The minimum absolute atomic E-state index is 0.691. The molecule has 4 nitrogen and oxygen atoms in total. The summed E-state index contributed by atoms with van der Waals surface area (Å²) in [5.41, 5.74) is 12.9. The van der Waals surface area contributed by atoms with Gasteiger partial charge in [-0.25, -0.2) is 9.97 Å². The van der Waals surface area contributed by atoms with Crippen molar-refractivity contribution in [2.75, 3.05) is 0 Å². The maximum Gasteiger partial charge on any atom is 0.0931 e. The highest BCUT2D eigenvalue weighted by atomic mass is 14.9. The van der Waals surface area contributed by atoms with Crippen molar-refractivity contribution in [3.05, 3.63) is 84.6 Å². The van der Waals surface area contributed by atoms with Crippen molar-refractivity contribution in [2.45, 2.75) is 31.1 Å². The Bertz CT molecular complexity index is 1410. The van der Waals surface area contributed by atoms with Crippen LogP contribution in [0.2, 0.25) is 0 Å². The molecular weight excluding hydrogens is 380 g/mol. The second-order valence-corrected chi connectivity index (χ2v) is 8.87. The Morgan fingerprint density at radius 3 is 2.16 bits per heavy atom. The van der Waals surface area contributed by atoms with Gasteiger partial charge >= 0.3 is 0 Å². The average Bonchev–Trinajstić information content (AvgIpc) is 3.62. The van der Waals surface area contributed by atoms with E-state index in [1.807, 2.05) is 6.20 Å². The molecule has 150 valence electrons. The van der Waals surface area contributed by atoms with E-state index >= 15 is 0 Å². The van der Waals surface area contributed by atoms with Crippen molar-refractivity contribution in [1.29, 1.82) is 0 Å². The van der Waals surface area contributed by atoms with Crippen LogP contribution in [0, 0.1) is 0 Å². The lowest BCUT2D eigenvalue weighted by Gasteiger charge is -2.23. The molecule has 7 rings (SSSR count). The highest BCUT2D eigenvalue weighted by Crippen LogP contribution is 2.58. The van der Waals surface area contributed by atoms with Gasteiger partial charge in [-0.05, 0) is 82.2 Å². The molecule has 2 aliphatic rings. The molecule has 2 aromatic heterocycles. The molecule has 2 unspecified atom stereocenters. The van der Waals surface area contributed by atoms with Crippen molar-refractivity contribution in [1.82, 2.24) is 19.9 Å². The van der Waals surface area contributed by atoms with E-state index in [2.05, 4.69) is 74.5 Å². The number of aromatic nitrogens is 4. The number of benzene rings is 3. The molecule has 4 heteroatoms. The molecule has 0 saturated heterocycles. The van der Waals surface area contributed by atoms with Gasteiger partial charge in [0.15, 0.2) is 0 Å². The second kappa shape index (κ2) is 6.42.